The fourth-order valence-electron chi connectivity index (χ4n) is 7.27. The van der Waals surface area contributed by atoms with E-state index >= 15 is 0 Å². The van der Waals surface area contributed by atoms with Crippen LogP contribution in [-0.2, 0) is 0 Å². The SMILES string of the molecule is c1ccc2c(c1)-c1cc3[nH]c(cc4nc(cc5[nH]c(cc-2n1)c1ccccc51)-c1cccc2ccccc2cccc1-4)c1ccccc31. The molecule has 0 fully saturated rings. The fourth-order valence-corrected chi connectivity index (χ4v) is 7.27. The van der Waals surface area contributed by atoms with Gasteiger partial charge in [0.2, 0.25) is 0 Å². The summed E-state index contributed by atoms with van der Waals surface area (Å²) in [6, 6.07) is 55.8. The molecule has 2 aliphatic heterocycles. The average molecular weight is 613 g/mol. The van der Waals surface area contributed by atoms with Crippen LogP contribution in [-0.4, -0.2) is 19.9 Å². The monoisotopic (exact) mass is 612 g/mol. The molecule has 0 amide bonds. The molecule has 10 rings (SSSR count). The molecule has 0 saturated carbocycles. The summed E-state index contributed by atoms with van der Waals surface area (Å²) < 4.78 is 0. The van der Waals surface area contributed by atoms with Crippen LogP contribution in [0, 0.1) is 0 Å². The normalized spacial score (nSPS) is 11.8. The standard InChI is InChI=1S/C44H28N4/c1-2-12-28-14-10-22-36-35(21-9-13-27(28)11-1)43-25-41-33-19-7-5-17-31(33)39(46-41)23-37-29-15-3-4-16-30(29)38(45-37)24-40-32-18-6-8-20-34(32)42(47-40)26-44(36)48-43/h1-26,46-47H. The lowest BCUT2D eigenvalue weighted by atomic mass is 10.0. The molecule has 4 nitrogen and oxygen atoms in total. The van der Waals surface area contributed by atoms with Gasteiger partial charge in [-0.1, -0.05) is 133 Å². The topological polar surface area (TPSA) is 57.4 Å². The van der Waals surface area contributed by atoms with Gasteiger partial charge in [0.05, 0.1) is 22.8 Å². The molecule has 0 atom stereocenters. The van der Waals surface area contributed by atoms with E-state index in [9.17, 15) is 0 Å². The van der Waals surface area contributed by atoms with Crippen molar-refractivity contribution >= 4 is 54.4 Å². The Morgan fingerprint density at radius 1 is 0.292 bits per heavy atom. The predicted octanol–water partition coefficient (Wildman–Crippen LogP) is 11.6. The van der Waals surface area contributed by atoms with Gasteiger partial charge in [0.1, 0.15) is 0 Å². The van der Waals surface area contributed by atoms with Crippen molar-refractivity contribution in [3.8, 4) is 45.0 Å². The zero-order chi connectivity index (χ0) is 31.6. The largest absolute Gasteiger partial charge is 0.354 e. The van der Waals surface area contributed by atoms with E-state index in [1.165, 1.54) is 10.8 Å². The van der Waals surface area contributed by atoms with Crippen LogP contribution < -0.4 is 0 Å². The minimum Gasteiger partial charge on any atom is -0.354 e. The second-order valence-corrected chi connectivity index (χ2v) is 12.4. The second kappa shape index (κ2) is 10.5. The lowest BCUT2D eigenvalue weighted by molar-refractivity contribution is 1.40. The lowest BCUT2D eigenvalue weighted by Gasteiger charge is -1.97. The molecule has 0 unspecified atom stereocenters. The maximum atomic E-state index is 5.34. The summed E-state index contributed by atoms with van der Waals surface area (Å²) in [5.74, 6) is 0. The highest BCUT2D eigenvalue weighted by atomic mass is 14.8. The van der Waals surface area contributed by atoms with Gasteiger partial charge in [0.25, 0.3) is 0 Å². The van der Waals surface area contributed by atoms with E-state index < -0.39 is 0 Å². The predicted molar refractivity (Wildman–Crippen MR) is 200 cm³/mol. The number of H-pyrrole nitrogens is 2. The molecule has 48 heavy (non-hydrogen) atoms. The summed E-state index contributed by atoms with van der Waals surface area (Å²) >= 11 is 0. The molecule has 3 aromatic heterocycles. The van der Waals surface area contributed by atoms with Crippen LogP contribution in [0.1, 0.15) is 0 Å². The molecular formula is C44H28N4. The van der Waals surface area contributed by atoms with Crippen molar-refractivity contribution in [1.82, 2.24) is 19.9 Å². The van der Waals surface area contributed by atoms with Gasteiger partial charge in [0.15, 0.2) is 0 Å². The first-order chi connectivity index (χ1) is 23.8. The highest BCUT2D eigenvalue weighted by Crippen LogP contribution is 2.39. The Balaban J connectivity index is 1.39. The van der Waals surface area contributed by atoms with E-state index in [-0.39, 0.29) is 0 Å². The number of aromatic nitrogens is 4. The Labute approximate surface area is 276 Å². The minimum atomic E-state index is 0.909. The van der Waals surface area contributed by atoms with Crippen molar-refractivity contribution in [2.75, 3.05) is 0 Å². The average Bonchev–Trinajstić information content (AvgIpc) is 3.85. The lowest BCUT2D eigenvalue weighted by Crippen LogP contribution is -1.75. The van der Waals surface area contributed by atoms with Crippen LogP contribution in [0.25, 0.3) is 99.4 Å². The van der Waals surface area contributed by atoms with Crippen LogP contribution in [0.3, 0.4) is 0 Å². The van der Waals surface area contributed by atoms with Crippen molar-refractivity contribution in [3.05, 3.63) is 158 Å². The number of rotatable bonds is 0. The van der Waals surface area contributed by atoms with Gasteiger partial charge in [-0.05, 0) is 35.0 Å². The van der Waals surface area contributed by atoms with Gasteiger partial charge >= 0.3 is 0 Å². The molecular weight excluding hydrogens is 585 g/mol. The fraction of sp³-hybridized carbons (Fsp3) is 0. The number of aromatic amines is 2. The van der Waals surface area contributed by atoms with Crippen LogP contribution >= 0.6 is 0 Å². The van der Waals surface area contributed by atoms with E-state index in [4.69, 9.17) is 9.97 Å². The number of fused-ring (bicyclic) bond motifs is 21. The summed E-state index contributed by atoms with van der Waals surface area (Å²) in [4.78, 5) is 18.1. The Morgan fingerprint density at radius 3 is 0.917 bits per heavy atom. The van der Waals surface area contributed by atoms with E-state index in [2.05, 4.69) is 168 Å². The number of nitrogens with zero attached hydrogens (tertiary/aromatic N) is 2. The van der Waals surface area contributed by atoms with Crippen LogP contribution in [0.5, 0.6) is 0 Å². The number of hydrogen-bond donors (Lipinski definition) is 2. The summed E-state index contributed by atoms with van der Waals surface area (Å²) in [5, 5.41) is 6.94. The first-order valence-electron chi connectivity index (χ1n) is 16.3. The van der Waals surface area contributed by atoms with E-state index in [0.717, 1.165) is 88.6 Å². The van der Waals surface area contributed by atoms with E-state index in [1.54, 1.807) is 0 Å². The van der Waals surface area contributed by atoms with Crippen molar-refractivity contribution in [1.29, 1.82) is 0 Å². The third kappa shape index (κ3) is 4.24. The highest BCUT2D eigenvalue weighted by Gasteiger charge is 2.18. The maximum absolute atomic E-state index is 5.34. The third-order valence-electron chi connectivity index (χ3n) is 9.55. The molecule has 8 bridgehead atoms. The molecule has 2 N–H and O–H groups in total. The molecule has 8 aromatic rings. The minimum absolute atomic E-state index is 0.909. The van der Waals surface area contributed by atoms with Crippen LogP contribution in [0.2, 0.25) is 0 Å². The molecule has 5 aromatic carbocycles. The van der Waals surface area contributed by atoms with Gasteiger partial charge in [-0.2, -0.15) is 0 Å². The summed E-state index contributed by atoms with van der Waals surface area (Å²) in [5.41, 5.74) is 12.2. The van der Waals surface area contributed by atoms with Crippen LogP contribution in [0.15, 0.2) is 158 Å². The third-order valence-corrected chi connectivity index (χ3v) is 9.55. The van der Waals surface area contributed by atoms with E-state index in [1.807, 2.05) is 0 Å². The van der Waals surface area contributed by atoms with Crippen molar-refractivity contribution in [3.63, 3.8) is 0 Å². The molecule has 0 radical (unpaired) electrons. The first kappa shape index (κ1) is 26.7. The van der Waals surface area contributed by atoms with Crippen molar-refractivity contribution in [2.24, 2.45) is 0 Å². The van der Waals surface area contributed by atoms with Gasteiger partial charge in [0, 0.05) is 65.9 Å². The Bertz CT molecular complexity index is 2670. The Kier molecular flexibility index (Phi) is 5.84. The highest BCUT2D eigenvalue weighted by molar-refractivity contribution is 6.10. The number of benzene rings is 4. The molecule has 0 spiro atoms. The zero-order valence-electron chi connectivity index (χ0n) is 25.9. The summed E-state index contributed by atoms with van der Waals surface area (Å²) in [6.45, 7) is 0. The second-order valence-electron chi connectivity index (χ2n) is 12.4. The molecule has 2 aliphatic rings. The Morgan fingerprint density at radius 2 is 0.562 bits per heavy atom. The maximum Gasteiger partial charge on any atom is 0.0737 e. The van der Waals surface area contributed by atoms with Gasteiger partial charge in [-0.25, -0.2) is 9.97 Å². The number of hydrogen-bond acceptors (Lipinski definition) is 2. The quantitative estimate of drug-likeness (QED) is 0.179. The zero-order valence-corrected chi connectivity index (χ0v) is 25.9. The van der Waals surface area contributed by atoms with Gasteiger partial charge in [-0.3, -0.25) is 0 Å². The summed E-state index contributed by atoms with van der Waals surface area (Å²) in [6.07, 6.45) is 0. The Hall–Kier alpha value is -6.52. The molecule has 224 valence electrons. The van der Waals surface area contributed by atoms with Crippen molar-refractivity contribution < 1.29 is 0 Å². The first-order valence-corrected chi connectivity index (χ1v) is 16.3. The smallest absolute Gasteiger partial charge is 0.0737 e. The van der Waals surface area contributed by atoms with Gasteiger partial charge in [-0.15, -0.1) is 0 Å². The molecule has 5 heterocycles. The molecule has 0 saturated heterocycles. The van der Waals surface area contributed by atoms with Gasteiger partial charge < -0.3 is 9.97 Å². The molecule has 0 aliphatic carbocycles. The number of nitrogens with one attached hydrogen (secondary N) is 2. The van der Waals surface area contributed by atoms with Crippen LogP contribution in [0.4, 0.5) is 0 Å². The molecule has 4 heteroatoms. The van der Waals surface area contributed by atoms with Crippen molar-refractivity contribution in [2.45, 2.75) is 0 Å². The summed E-state index contributed by atoms with van der Waals surface area (Å²) in [7, 11) is 0. The van der Waals surface area contributed by atoms with E-state index in [0.29, 0.717) is 0 Å².